The molecule has 0 spiro atoms. The molecule has 0 radical (unpaired) electrons. The van der Waals surface area contributed by atoms with Gasteiger partial charge in [0.05, 0.1) is 6.42 Å². The molecule has 1 aromatic carbocycles. The van der Waals surface area contributed by atoms with Crippen LogP contribution in [0.15, 0.2) is 53.9 Å². The van der Waals surface area contributed by atoms with E-state index < -0.39 is 23.0 Å². The number of nitrogens with two attached hydrogens (primary N) is 1. The smallest absolute Gasteiger partial charge is 0.242 e. The Morgan fingerprint density at radius 3 is 2.35 bits per heavy atom. The van der Waals surface area contributed by atoms with Crippen LogP contribution in [0.4, 0.5) is 0 Å². The molecule has 3 atom stereocenters. The molecular weight excluding hydrogens is 546 g/mol. The zero-order chi connectivity index (χ0) is 31.2. The molecular formula is C33H45N5O5. The van der Waals surface area contributed by atoms with Gasteiger partial charge >= 0.3 is 0 Å². The number of amides is 3. The predicted molar refractivity (Wildman–Crippen MR) is 163 cm³/mol. The van der Waals surface area contributed by atoms with Gasteiger partial charge in [-0.3, -0.25) is 24.0 Å². The number of ketones is 2. The van der Waals surface area contributed by atoms with E-state index in [0.717, 1.165) is 31.2 Å². The SMILES string of the molecule is CC(=O)N[C@H](C(=O)NCCCC1(CC(C)C)NC=C([C@]2(Cc3ccccc3)NC=C(CC(N)=O)C2=O)C1=O)C1CCCC1. The first-order valence-electron chi connectivity index (χ1n) is 15.4. The minimum Gasteiger partial charge on any atom is -0.378 e. The van der Waals surface area contributed by atoms with Crippen LogP contribution >= 0.6 is 0 Å². The highest BCUT2D eigenvalue weighted by atomic mass is 16.2. The van der Waals surface area contributed by atoms with E-state index in [4.69, 9.17) is 5.73 Å². The van der Waals surface area contributed by atoms with E-state index in [0.29, 0.717) is 31.4 Å². The van der Waals surface area contributed by atoms with Gasteiger partial charge in [-0.25, -0.2) is 0 Å². The molecule has 3 amide bonds. The van der Waals surface area contributed by atoms with Crippen LogP contribution in [-0.2, 0) is 30.4 Å². The van der Waals surface area contributed by atoms with E-state index in [2.05, 4.69) is 21.3 Å². The van der Waals surface area contributed by atoms with Crippen molar-refractivity contribution in [2.75, 3.05) is 6.54 Å². The standard InChI is InChI=1S/C33H45N5O5/c1-21(2)17-32(14-9-15-35-31(43)28(38-22(3)39)24-12-7-8-13-24)30(42)26(20-36-32)33(18-23-10-5-4-6-11-23)29(41)25(19-37-33)16-27(34)40/h4-6,10-11,19-21,24,28,36-37H,7-9,12-18H2,1-3H3,(H2,34,40)(H,35,43)(H,38,39)/t28-,32?,33-/m0/s1. The molecule has 3 aliphatic rings. The molecule has 1 saturated carbocycles. The van der Waals surface area contributed by atoms with Gasteiger partial charge in [-0.15, -0.1) is 0 Å². The molecule has 1 aliphatic carbocycles. The zero-order valence-corrected chi connectivity index (χ0v) is 25.5. The number of primary amides is 1. The van der Waals surface area contributed by atoms with Crippen molar-refractivity contribution >= 4 is 29.3 Å². The fourth-order valence-corrected chi connectivity index (χ4v) is 6.93. The minimum absolute atomic E-state index is 0.131. The summed E-state index contributed by atoms with van der Waals surface area (Å²) in [7, 11) is 0. The van der Waals surface area contributed by atoms with Crippen LogP contribution in [0.5, 0.6) is 0 Å². The molecule has 6 N–H and O–H groups in total. The van der Waals surface area contributed by atoms with Crippen molar-refractivity contribution in [3.05, 3.63) is 59.4 Å². The van der Waals surface area contributed by atoms with E-state index in [9.17, 15) is 24.0 Å². The maximum absolute atomic E-state index is 14.4. The molecule has 1 aromatic rings. The Bertz CT molecular complexity index is 1300. The second-order valence-electron chi connectivity index (χ2n) is 12.7. The number of Topliss-reactive ketones (excluding diaryl/α,β-unsaturated/α-hetero) is 2. The fraction of sp³-hybridized carbons (Fsp3) is 0.545. The number of carbonyl (C=O) groups is 5. The molecule has 2 aliphatic heterocycles. The highest BCUT2D eigenvalue weighted by molar-refractivity contribution is 6.18. The molecule has 43 heavy (non-hydrogen) atoms. The molecule has 0 saturated heterocycles. The van der Waals surface area contributed by atoms with E-state index in [1.807, 2.05) is 44.2 Å². The minimum atomic E-state index is -1.37. The van der Waals surface area contributed by atoms with Crippen molar-refractivity contribution in [2.24, 2.45) is 17.6 Å². The van der Waals surface area contributed by atoms with E-state index in [-0.39, 0.29) is 53.6 Å². The number of nitrogens with one attached hydrogen (secondary N) is 4. The molecule has 2 heterocycles. The van der Waals surface area contributed by atoms with Gasteiger partial charge in [-0.05, 0) is 49.5 Å². The highest BCUT2D eigenvalue weighted by Gasteiger charge is 2.55. The lowest BCUT2D eigenvalue weighted by atomic mass is 9.73. The van der Waals surface area contributed by atoms with Crippen molar-refractivity contribution in [3.8, 4) is 0 Å². The van der Waals surface area contributed by atoms with Crippen molar-refractivity contribution < 1.29 is 24.0 Å². The summed E-state index contributed by atoms with van der Waals surface area (Å²) in [4.78, 5) is 64.8. The number of benzene rings is 1. The van der Waals surface area contributed by atoms with Crippen LogP contribution in [0.1, 0.15) is 77.7 Å². The maximum Gasteiger partial charge on any atom is 0.242 e. The Kier molecular flexibility index (Phi) is 10.1. The molecule has 1 fully saturated rings. The molecule has 1 unspecified atom stereocenters. The molecule has 10 nitrogen and oxygen atoms in total. The third-order valence-corrected chi connectivity index (χ3v) is 8.83. The topological polar surface area (TPSA) is 159 Å². The number of carbonyl (C=O) groups excluding carboxylic acids is 5. The zero-order valence-electron chi connectivity index (χ0n) is 25.5. The van der Waals surface area contributed by atoms with Gasteiger partial charge < -0.3 is 27.0 Å². The Morgan fingerprint density at radius 1 is 1.02 bits per heavy atom. The van der Waals surface area contributed by atoms with E-state index in [1.54, 1.807) is 6.20 Å². The second kappa shape index (κ2) is 13.6. The maximum atomic E-state index is 14.4. The summed E-state index contributed by atoms with van der Waals surface area (Å²) in [5, 5.41) is 12.4. The summed E-state index contributed by atoms with van der Waals surface area (Å²) in [6.07, 6.45) is 8.61. The summed E-state index contributed by atoms with van der Waals surface area (Å²) >= 11 is 0. The largest absolute Gasteiger partial charge is 0.378 e. The summed E-state index contributed by atoms with van der Waals surface area (Å²) < 4.78 is 0. The van der Waals surface area contributed by atoms with Gasteiger partial charge in [0.25, 0.3) is 0 Å². The quantitative estimate of drug-likeness (QED) is 0.208. The van der Waals surface area contributed by atoms with Crippen LogP contribution < -0.4 is 27.0 Å². The summed E-state index contributed by atoms with van der Waals surface area (Å²) in [6, 6.07) is 8.90. The molecule has 0 aromatic heterocycles. The van der Waals surface area contributed by atoms with Gasteiger partial charge in [-0.1, -0.05) is 57.0 Å². The van der Waals surface area contributed by atoms with Gasteiger partial charge in [0.1, 0.15) is 17.1 Å². The van der Waals surface area contributed by atoms with Crippen molar-refractivity contribution in [2.45, 2.75) is 95.7 Å². The summed E-state index contributed by atoms with van der Waals surface area (Å²) in [5.41, 5.74) is 4.54. The molecule has 232 valence electrons. The normalized spacial score (nSPS) is 24.3. The average Bonchev–Trinajstić information content (AvgIpc) is 3.66. The predicted octanol–water partition coefficient (Wildman–Crippen LogP) is 2.33. The average molecular weight is 592 g/mol. The first kappa shape index (κ1) is 32.0. The number of rotatable bonds is 14. The molecule has 10 heteroatoms. The van der Waals surface area contributed by atoms with E-state index >= 15 is 0 Å². The fourth-order valence-electron chi connectivity index (χ4n) is 6.93. The third-order valence-electron chi connectivity index (χ3n) is 8.83. The second-order valence-corrected chi connectivity index (χ2v) is 12.7. The first-order chi connectivity index (χ1) is 20.5. The highest BCUT2D eigenvalue weighted by Crippen LogP contribution is 2.40. The van der Waals surface area contributed by atoms with Gasteiger partial charge in [0.2, 0.25) is 17.7 Å². The van der Waals surface area contributed by atoms with Crippen molar-refractivity contribution in [1.82, 2.24) is 21.3 Å². The van der Waals surface area contributed by atoms with Gasteiger partial charge in [-0.2, -0.15) is 0 Å². The lowest BCUT2D eigenvalue weighted by Gasteiger charge is -2.34. The van der Waals surface area contributed by atoms with Crippen LogP contribution in [0.2, 0.25) is 0 Å². The van der Waals surface area contributed by atoms with Crippen molar-refractivity contribution in [1.29, 1.82) is 0 Å². The van der Waals surface area contributed by atoms with Crippen LogP contribution in [0, 0.1) is 11.8 Å². The Morgan fingerprint density at radius 2 is 1.72 bits per heavy atom. The Hall–Kier alpha value is -3.95. The van der Waals surface area contributed by atoms with Gasteiger partial charge in [0, 0.05) is 43.4 Å². The third kappa shape index (κ3) is 7.17. The molecule has 0 bridgehead atoms. The monoisotopic (exact) mass is 591 g/mol. The number of hydrogen-bond donors (Lipinski definition) is 5. The first-order valence-corrected chi connectivity index (χ1v) is 15.4. The Balaban J connectivity index is 1.50. The lowest BCUT2D eigenvalue weighted by molar-refractivity contribution is -0.129. The molecule has 4 rings (SSSR count). The van der Waals surface area contributed by atoms with Crippen LogP contribution in [0.3, 0.4) is 0 Å². The van der Waals surface area contributed by atoms with Gasteiger partial charge in [0.15, 0.2) is 11.6 Å². The summed E-state index contributed by atoms with van der Waals surface area (Å²) in [6.45, 7) is 5.86. The van der Waals surface area contributed by atoms with E-state index in [1.165, 1.54) is 13.1 Å². The van der Waals surface area contributed by atoms with Crippen LogP contribution in [0.25, 0.3) is 0 Å². The van der Waals surface area contributed by atoms with Crippen LogP contribution in [-0.4, -0.2) is 53.0 Å². The number of hydrogen-bond acceptors (Lipinski definition) is 7. The van der Waals surface area contributed by atoms with Crippen molar-refractivity contribution in [3.63, 3.8) is 0 Å². The summed E-state index contributed by atoms with van der Waals surface area (Å²) in [5.74, 6) is -1.24. The Labute approximate surface area is 253 Å². The lowest BCUT2D eigenvalue weighted by Crippen LogP contribution is -2.55.